The van der Waals surface area contributed by atoms with Crippen LogP contribution in [0.25, 0.3) is 0 Å². The summed E-state index contributed by atoms with van der Waals surface area (Å²) in [5.74, 6) is -0.0623. The first-order chi connectivity index (χ1) is 9.11. The Morgan fingerprint density at radius 1 is 1.26 bits per heavy atom. The molecule has 2 rings (SSSR count). The Hall–Kier alpha value is -1.36. The topological polar surface area (TPSA) is 40.6 Å². The molecule has 1 aromatic rings. The van der Waals surface area contributed by atoms with Gasteiger partial charge in [-0.1, -0.05) is 28.1 Å². The quantitative estimate of drug-likeness (QED) is 0.779. The maximum absolute atomic E-state index is 12.3. The van der Waals surface area contributed by atoms with Gasteiger partial charge in [-0.2, -0.15) is 0 Å². The summed E-state index contributed by atoms with van der Waals surface area (Å²) in [6, 6.07) is 7.48. The van der Waals surface area contributed by atoms with Crippen molar-refractivity contribution >= 4 is 27.7 Å². The molecule has 1 fully saturated rings. The maximum atomic E-state index is 12.3. The summed E-state index contributed by atoms with van der Waals surface area (Å²) in [6.07, 6.45) is 0.827. The van der Waals surface area contributed by atoms with Gasteiger partial charge in [0.2, 0.25) is 5.91 Å². The summed E-state index contributed by atoms with van der Waals surface area (Å²) in [5.41, 5.74) is 1.77. The zero-order chi connectivity index (χ0) is 13.8. The summed E-state index contributed by atoms with van der Waals surface area (Å²) in [7, 11) is 1.78. The second kappa shape index (κ2) is 6.19. The predicted octanol–water partition coefficient (Wildman–Crippen LogP) is 1.89. The Bertz CT molecular complexity index is 473. The third-order valence-corrected chi connectivity index (χ3v) is 3.96. The van der Waals surface area contributed by atoms with E-state index in [-0.39, 0.29) is 18.4 Å². The standard InChI is InChI=1S/C14H17BrN2O2/c1-16-7-2-8-17(10-13(16)18)14(19)12-5-3-11(9-15)4-6-12/h3-6H,2,7-10H2,1H3. The van der Waals surface area contributed by atoms with Crippen LogP contribution in [0.3, 0.4) is 0 Å². The molecule has 0 aliphatic carbocycles. The predicted molar refractivity (Wildman–Crippen MR) is 77.2 cm³/mol. The number of amides is 2. The van der Waals surface area contributed by atoms with Gasteiger partial charge in [0, 0.05) is 31.0 Å². The van der Waals surface area contributed by atoms with Gasteiger partial charge in [-0.05, 0) is 24.1 Å². The van der Waals surface area contributed by atoms with E-state index in [9.17, 15) is 9.59 Å². The molecule has 0 N–H and O–H groups in total. The van der Waals surface area contributed by atoms with Crippen molar-refractivity contribution in [3.05, 3.63) is 35.4 Å². The van der Waals surface area contributed by atoms with E-state index >= 15 is 0 Å². The van der Waals surface area contributed by atoms with Gasteiger partial charge in [-0.3, -0.25) is 9.59 Å². The molecule has 19 heavy (non-hydrogen) atoms. The minimum absolute atomic E-state index is 0.00271. The van der Waals surface area contributed by atoms with Crippen molar-refractivity contribution in [3.63, 3.8) is 0 Å². The minimum atomic E-state index is -0.0650. The van der Waals surface area contributed by atoms with E-state index in [1.807, 2.05) is 24.3 Å². The van der Waals surface area contributed by atoms with Crippen LogP contribution in [0.15, 0.2) is 24.3 Å². The summed E-state index contributed by atoms with van der Waals surface area (Å²) in [6.45, 7) is 1.52. The average Bonchev–Trinajstić information content (AvgIpc) is 2.60. The van der Waals surface area contributed by atoms with Crippen molar-refractivity contribution in [2.75, 3.05) is 26.7 Å². The average molecular weight is 325 g/mol. The van der Waals surface area contributed by atoms with E-state index in [4.69, 9.17) is 0 Å². The van der Waals surface area contributed by atoms with Gasteiger partial charge >= 0.3 is 0 Å². The number of benzene rings is 1. The molecule has 0 aromatic heterocycles. The normalized spacial score (nSPS) is 16.4. The number of hydrogen-bond donors (Lipinski definition) is 0. The molecule has 0 spiro atoms. The molecule has 0 saturated carbocycles. The molecule has 0 atom stereocenters. The number of likely N-dealkylation sites (N-methyl/N-ethyl adjacent to an activating group) is 1. The Balaban J connectivity index is 2.11. The van der Waals surface area contributed by atoms with E-state index < -0.39 is 0 Å². The highest BCUT2D eigenvalue weighted by molar-refractivity contribution is 9.08. The number of rotatable bonds is 2. The first kappa shape index (κ1) is 14.1. The Morgan fingerprint density at radius 3 is 2.58 bits per heavy atom. The van der Waals surface area contributed by atoms with Crippen LogP contribution in [0.5, 0.6) is 0 Å². The van der Waals surface area contributed by atoms with Gasteiger partial charge in [0.05, 0.1) is 0 Å². The maximum Gasteiger partial charge on any atom is 0.254 e. The molecule has 0 radical (unpaired) electrons. The number of carbonyl (C=O) groups excluding carboxylic acids is 2. The first-order valence-electron chi connectivity index (χ1n) is 6.30. The van der Waals surface area contributed by atoms with Crippen LogP contribution >= 0.6 is 15.9 Å². The molecule has 2 amide bonds. The number of nitrogens with zero attached hydrogens (tertiary/aromatic N) is 2. The molecule has 1 heterocycles. The highest BCUT2D eigenvalue weighted by Gasteiger charge is 2.23. The summed E-state index contributed by atoms with van der Waals surface area (Å²) < 4.78 is 0. The fourth-order valence-corrected chi connectivity index (χ4v) is 2.45. The van der Waals surface area contributed by atoms with Crippen LogP contribution in [0.2, 0.25) is 0 Å². The largest absolute Gasteiger partial charge is 0.344 e. The van der Waals surface area contributed by atoms with Crippen LogP contribution in [-0.4, -0.2) is 48.3 Å². The molecule has 1 saturated heterocycles. The van der Waals surface area contributed by atoms with E-state index in [0.29, 0.717) is 18.7 Å². The highest BCUT2D eigenvalue weighted by atomic mass is 79.9. The van der Waals surface area contributed by atoms with Crippen molar-refractivity contribution in [1.29, 1.82) is 0 Å². The van der Waals surface area contributed by atoms with Crippen LogP contribution in [-0.2, 0) is 10.1 Å². The van der Waals surface area contributed by atoms with Crippen molar-refractivity contribution in [2.45, 2.75) is 11.8 Å². The van der Waals surface area contributed by atoms with Crippen LogP contribution in [0.4, 0.5) is 0 Å². The summed E-state index contributed by atoms with van der Waals surface area (Å²) in [5, 5.41) is 0.772. The molecule has 0 unspecified atom stereocenters. The second-order valence-corrected chi connectivity index (χ2v) is 5.29. The first-order valence-corrected chi connectivity index (χ1v) is 7.42. The van der Waals surface area contributed by atoms with Gasteiger partial charge in [0.25, 0.3) is 5.91 Å². The Morgan fingerprint density at radius 2 is 1.95 bits per heavy atom. The lowest BCUT2D eigenvalue weighted by molar-refractivity contribution is -0.129. The number of alkyl halides is 1. The van der Waals surface area contributed by atoms with E-state index in [2.05, 4.69) is 15.9 Å². The number of carbonyl (C=O) groups is 2. The SMILES string of the molecule is CN1CCCN(C(=O)c2ccc(CBr)cc2)CC1=O. The van der Waals surface area contributed by atoms with Crippen molar-refractivity contribution in [1.82, 2.24) is 9.80 Å². The van der Waals surface area contributed by atoms with Gasteiger partial charge < -0.3 is 9.80 Å². The number of hydrogen-bond acceptors (Lipinski definition) is 2. The molecule has 102 valence electrons. The lowest BCUT2D eigenvalue weighted by Gasteiger charge is -2.19. The number of halogens is 1. The zero-order valence-electron chi connectivity index (χ0n) is 10.9. The molecule has 0 bridgehead atoms. The highest BCUT2D eigenvalue weighted by Crippen LogP contribution is 2.12. The van der Waals surface area contributed by atoms with Gasteiger partial charge in [-0.25, -0.2) is 0 Å². The minimum Gasteiger partial charge on any atom is -0.344 e. The fraction of sp³-hybridized carbons (Fsp3) is 0.429. The lowest BCUT2D eigenvalue weighted by atomic mass is 10.1. The van der Waals surface area contributed by atoms with Crippen molar-refractivity contribution in [3.8, 4) is 0 Å². The monoisotopic (exact) mass is 324 g/mol. The molecule has 1 aromatic carbocycles. The van der Waals surface area contributed by atoms with Crippen LogP contribution in [0.1, 0.15) is 22.3 Å². The molecule has 4 nitrogen and oxygen atoms in total. The Labute approximate surface area is 121 Å². The Kier molecular flexibility index (Phi) is 4.58. The van der Waals surface area contributed by atoms with Crippen molar-refractivity contribution < 1.29 is 9.59 Å². The lowest BCUT2D eigenvalue weighted by Crippen LogP contribution is -2.38. The van der Waals surface area contributed by atoms with Crippen LogP contribution < -0.4 is 0 Å². The summed E-state index contributed by atoms with van der Waals surface area (Å²) in [4.78, 5) is 27.5. The van der Waals surface area contributed by atoms with Crippen molar-refractivity contribution in [2.24, 2.45) is 0 Å². The molecular weight excluding hydrogens is 308 g/mol. The third kappa shape index (κ3) is 3.35. The second-order valence-electron chi connectivity index (χ2n) is 4.73. The fourth-order valence-electron chi connectivity index (χ4n) is 2.08. The molecular formula is C14H17BrN2O2. The van der Waals surface area contributed by atoms with E-state index in [1.165, 1.54) is 0 Å². The molecule has 1 aliphatic heterocycles. The van der Waals surface area contributed by atoms with Gasteiger partial charge in [0.1, 0.15) is 6.54 Å². The van der Waals surface area contributed by atoms with E-state index in [0.717, 1.165) is 17.3 Å². The molecule has 1 aliphatic rings. The van der Waals surface area contributed by atoms with Gasteiger partial charge in [0.15, 0.2) is 0 Å². The summed E-state index contributed by atoms with van der Waals surface area (Å²) >= 11 is 3.37. The van der Waals surface area contributed by atoms with E-state index in [1.54, 1.807) is 16.8 Å². The molecule has 5 heteroatoms. The third-order valence-electron chi connectivity index (χ3n) is 3.32. The van der Waals surface area contributed by atoms with Gasteiger partial charge in [-0.15, -0.1) is 0 Å². The zero-order valence-corrected chi connectivity index (χ0v) is 12.5. The smallest absolute Gasteiger partial charge is 0.254 e. The van der Waals surface area contributed by atoms with Crippen LogP contribution in [0, 0.1) is 0 Å².